The Bertz CT molecular complexity index is 639. The Kier molecular flexibility index (Phi) is 3.97. The molecule has 0 aliphatic rings. The Morgan fingerprint density at radius 1 is 1.20 bits per heavy atom. The predicted octanol–water partition coefficient (Wildman–Crippen LogP) is 2.39. The first-order valence-corrected chi connectivity index (χ1v) is 6.62. The first-order chi connectivity index (χ1) is 9.47. The van der Waals surface area contributed by atoms with Crippen molar-refractivity contribution in [3.63, 3.8) is 0 Å². The van der Waals surface area contributed by atoms with Gasteiger partial charge in [-0.05, 0) is 23.9 Å². The van der Waals surface area contributed by atoms with E-state index in [4.69, 9.17) is 9.47 Å². The number of hydrogen-bond acceptors (Lipinski definition) is 4. The molecule has 0 aliphatic carbocycles. The van der Waals surface area contributed by atoms with Crippen molar-refractivity contribution in [2.75, 3.05) is 14.2 Å². The highest BCUT2D eigenvalue weighted by Crippen LogP contribution is 2.32. The highest BCUT2D eigenvalue weighted by atomic mass is 16.5. The molecule has 0 atom stereocenters. The van der Waals surface area contributed by atoms with Gasteiger partial charge in [0, 0.05) is 6.07 Å². The smallest absolute Gasteiger partial charge is 0.302 e. The predicted molar refractivity (Wildman–Crippen MR) is 77.1 cm³/mol. The molecule has 0 spiro atoms. The van der Waals surface area contributed by atoms with Gasteiger partial charge in [0.15, 0.2) is 17.0 Å². The van der Waals surface area contributed by atoms with Crippen molar-refractivity contribution in [3.05, 3.63) is 28.9 Å². The highest BCUT2D eigenvalue weighted by molar-refractivity contribution is 5.83. The van der Waals surface area contributed by atoms with Gasteiger partial charge in [-0.15, -0.1) is 0 Å². The van der Waals surface area contributed by atoms with Crippen molar-refractivity contribution in [2.24, 2.45) is 5.92 Å². The van der Waals surface area contributed by atoms with Crippen LogP contribution < -0.4 is 14.2 Å². The minimum atomic E-state index is 0.375. The van der Waals surface area contributed by atoms with Crippen LogP contribution in [0.1, 0.15) is 25.4 Å². The zero-order valence-electron chi connectivity index (χ0n) is 12.6. The first-order valence-electron chi connectivity index (χ1n) is 6.62. The summed E-state index contributed by atoms with van der Waals surface area (Å²) in [5.41, 5.74) is 1.38. The lowest BCUT2D eigenvalue weighted by Gasteiger charge is -2.14. The molecule has 1 aromatic heterocycles. The number of aryl methyl sites for hydroxylation is 1. The molecule has 0 amide bonds. The second kappa shape index (κ2) is 5.53. The van der Waals surface area contributed by atoms with E-state index in [1.54, 1.807) is 27.2 Å². The van der Waals surface area contributed by atoms with Crippen LogP contribution in [0, 0.1) is 18.0 Å². The molecule has 1 heterocycles. The number of nitrogens with zero attached hydrogens (tertiary/aromatic N) is 2. The van der Waals surface area contributed by atoms with E-state index in [0.29, 0.717) is 35.4 Å². The summed E-state index contributed by atoms with van der Waals surface area (Å²) in [4.78, 5) is 4.47. The number of hydrogen-bond donors (Lipinski definition) is 0. The highest BCUT2D eigenvalue weighted by Gasteiger charge is 2.19. The average molecular weight is 276 g/mol. The molecular weight excluding hydrogens is 256 g/mol. The van der Waals surface area contributed by atoms with Crippen molar-refractivity contribution in [1.29, 1.82) is 0 Å². The summed E-state index contributed by atoms with van der Waals surface area (Å²) in [5.74, 6) is 2.13. The fraction of sp³-hybridized carbons (Fsp3) is 0.467. The molecule has 5 heteroatoms. The van der Waals surface area contributed by atoms with E-state index < -0.39 is 0 Å². The fourth-order valence-corrected chi connectivity index (χ4v) is 2.23. The van der Waals surface area contributed by atoms with E-state index >= 15 is 0 Å². The van der Waals surface area contributed by atoms with Gasteiger partial charge in [0.1, 0.15) is 5.69 Å². The lowest BCUT2D eigenvalue weighted by atomic mass is 10.1. The molecule has 108 valence electrons. The number of benzene rings is 1. The van der Waals surface area contributed by atoms with E-state index in [2.05, 4.69) is 18.8 Å². The third-order valence-corrected chi connectivity index (χ3v) is 3.27. The molecule has 0 aliphatic heterocycles. The quantitative estimate of drug-likeness (QED) is 0.635. The summed E-state index contributed by atoms with van der Waals surface area (Å²) in [6.07, 6.45) is 0.647. The van der Waals surface area contributed by atoms with Gasteiger partial charge < -0.3 is 14.7 Å². The van der Waals surface area contributed by atoms with Crippen LogP contribution in [0.5, 0.6) is 11.5 Å². The van der Waals surface area contributed by atoms with Crippen molar-refractivity contribution >= 4 is 10.9 Å². The van der Waals surface area contributed by atoms with Crippen LogP contribution in [0.4, 0.5) is 0 Å². The van der Waals surface area contributed by atoms with Crippen LogP contribution in [-0.4, -0.2) is 19.2 Å². The number of aromatic nitrogens is 2. The summed E-state index contributed by atoms with van der Waals surface area (Å²) >= 11 is 0. The van der Waals surface area contributed by atoms with E-state index in [0.717, 1.165) is 15.6 Å². The van der Waals surface area contributed by atoms with Crippen LogP contribution in [0.2, 0.25) is 0 Å². The van der Waals surface area contributed by atoms with Crippen molar-refractivity contribution in [2.45, 2.75) is 27.2 Å². The molecule has 0 fully saturated rings. The van der Waals surface area contributed by atoms with Crippen LogP contribution in [-0.2, 0) is 6.42 Å². The maximum Gasteiger partial charge on any atom is 0.302 e. The van der Waals surface area contributed by atoms with Crippen LogP contribution in [0.25, 0.3) is 10.9 Å². The molecular formula is C15H20N2O3. The monoisotopic (exact) mass is 276 g/mol. The maximum absolute atomic E-state index is 12.3. The number of fused-ring (bicyclic) bond motifs is 1. The zero-order chi connectivity index (χ0) is 14.9. The molecule has 5 nitrogen and oxygen atoms in total. The standard InChI is InChI=1S/C15H20N2O3/c1-9(2)6-15-16-12-8-14(20-5)13(19-4)7-11(12)10(3)17(15)18/h7-9H,6H2,1-5H3. The Balaban J connectivity index is 2.70. The van der Waals surface area contributed by atoms with Crippen molar-refractivity contribution in [1.82, 2.24) is 4.98 Å². The Hall–Kier alpha value is -2.04. The average Bonchev–Trinajstić information content (AvgIpc) is 2.42. The first kappa shape index (κ1) is 14.4. The van der Waals surface area contributed by atoms with E-state index in [1.807, 2.05) is 6.07 Å². The molecule has 2 rings (SSSR count). The zero-order valence-corrected chi connectivity index (χ0v) is 12.6. The fourth-order valence-electron chi connectivity index (χ4n) is 2.23. The largest absolute Gasteiger partial charge is 0.711 e. The normalized spacial score (nSPS) is 11.1. The molecule has 0 bridgehead atoms. The summed E-state index contributed by atoms with van der Waals surface area (Å²) < 4.78 is 11.5. The SMILES string of the molecule is COc1cc2nc(CC(C)C)[n+]([O-])c(C)c2cc1OC. The molecule has 0 saturated heterocycles. The van der Waals surface area contributed by atoms with E-state index in [-0.39, 0.29) is 0 Å². The molecule has 2 aromatic rings. The third-order valence-electron chi connectivity index (χ3n) is 3.27. The van der Waals surface area contributed by atoms with Gasteiger partial charge in [-0.1, -0.05) is 13.8 Å². The van der Waals surface area contributed by atoms with Gasteiger partial charge in [0.25, 0.3) is 0 Å². The lowest BCUT2D eigenvalue weighted by molar-refractivity contribution is -0.623. The second-order valence-corrected chi connectivity index (χ2v) is 5.23. The molecule has 0 unspecified atom stereocenters. The topological polar surface area (TPSA) is 58.3 Å². The molecule has 0 N–H and O–H groups in total. The van der Waals surface area contributed by atoms with Crippen molar-refractivity contribution in [3.8, 4) is 11.5 Å². The summed E-state index contributed by atoms with van der Waals surface area (Å²) in [7, 11) is 3.16. The molecule has 0 radical (unpaired) electrons. The van der Waals surface area contributed by atoms with Gasteiger partial charge >= 0.3 is 5.82 Å². The Labute approximate surface area is 118 Å². The number of ether oxygens (including phenoxy) is 2. The number of rotatable bonds is 4. The molecule has 0 saturated carbocycles. The van der Waals surface area contributed by atoms with Crippen LogP contribution in [0.3, 0.4) is 0 Å². The molecule has 1 aromatic carbocycles. The lowest BCUT2D eigenvalue weighted by Crippen LogP contribution is -2.37. The van der Waals surface area contributed by atoms with Crippen LogP contribution >= 0.6 is 0 Å². The number of methoxy groups -OCH3 is 2. The van der Waals surface area contributed by atoms with Gasteiger partial charge in [0.2, 0.25) is 0 Å². The third kappa shape index (κ3) is 2.48. The van der Waals surface area contributed by atoms with Gasteiger partial charge in [0.05, 0.1) is 26.0 Å². The van der Waals surface area contributed by atoms with E-state index in [9.17, 15) is 5.21 Å². The van der Waals surface area contributed by atoms with Crippen LogP contribution in [0.15, 0.2) is 12.1 Å². The maximum atomic E-state index is 12.3. The van der Waals surface area contributed by atoms with Crippen molar-refractivity contribution < 1.29 is 14.2 Å². The van der Waals surface area contributed by atoms with Gasteiger partial charge in [-0.2, -0.15) is 0 Å². The second-order valence-electron chi connectivity index (χ2n) is 5.23. The summed E-state index contributed by atoms with van der Waals surface area (Å²) in [6.45, 7) is 5.93. The van der Waals surface area contributed by atoms with E-state index in [1.165, 1.54) is 0 Å². The summed E-state index contributed by atoms with van der Waals surface area (Å²) in [6, 6.07) is 3.61. The van der Waals surface area contributed by atoms with Gasteiger partial charge in [-0.25, -0.2) is 4.73 Å². The summed E-state index contributed by atoms with van der Waals surface area (Å²) in [5, 5.41) is 13.0. The Morgan fingerprint density at radius 2 is 1.80 bits per heavy atom. The molecule has 20 heavy (non-hydrogen) atoms. The minimum Gasteiger partial charge on any atom is -0.711 e. The van der Waals surface area contributed by atoms with Gasteiger partial charge in [-0.3, -0.25) is 0 Å². The minimum absolute atomic E-state index is 0.375. The Morgan fingerprint density at radius 3 is 2.35 bits per heavy atom.